The lowest BCUT2D eigenvalue weighted by atomic mass is 9.95. The van der Waals surface area contributed by atoms with Crippen molar-refractivity contribution in [3.8, 4) is 6.07 Å². The van der Waals surface area contributed by atoms with Crippen molar-refractivity contribution in [2.45, 2.75) is 38.1 Å². The Balaban J connectivity index is 2.06. The van der Waals surface area contributed by atoms with Gasteiger partial charge in [0.15, 0.2) is 0 Å². The molecule has 1 aliphatic carbocycles. The molecule has 3 heteroatoms. The maximum absolute atomic E-state index is 13.1. The average Bonchev–Trinajstić information content (AvgIpc) is 2.33. The number of rotatable bonds is 2. The zero-order chi connectivity index (χ0) is 11.4. The molecule has 0 amide bonds. The molecule has 1 aromatic rings. The van der Waals surface area contributed by atoms with Crippen molar-refractivity contribution < 1.29 is 4.39 Å². The van der Waals surface area contributed by atoms with Gasteiger partial charge in [0.25, 0.3) is 0 Å². The number of benzene rings is 1. The summed E-state index contributed by atoms with van der Waals surface area (Å²) in [5, 5.41) is 12.1. The van der Waals surface area contributed by atoms with Crippen LogP contribution in [0.5, 0.6) is 0 Å². The molecule has 0 heterocycles. The number of halogens is 1. The molecule has 16 heavy (non-hydrogen) atoms. The van der Waals surface area contributed by atoms with Gasteiger partial charge in [0.05, 0.1) is 5.56 Å². The molecule has 1 N–H and O–H groups in total. The molecule has 0 unspecified atom stereocenters. The van der Waals surface area contributed by atoms with E-state index in [0.717, 1.165) is 5.69 Å². The standard InChI is InChI=1S/C13H15FN2/c14-13-7-6-12(8-10(13)9-15)16-11-4-2-1-3-5-11/h6-8,11,16H,1-5H2. The molecule has 84 valence electrons. The van der Waals surface area contributed by atoms with E-state index in [2.05, 4.69) is 5.32 Å². The minimum atomic E-state index is -0.448. The van der Waals surface area contributed by atoms with Crippen LogP contribution in [0.3, 0.4) is 0 Å². The molecule has 2 nitrogen and oxygen atoms in total. The third kappa shape index (κ3) is 2.52. The Bertz CT molecular complexity index is 403. The Morgan fingerprint density at radius 3 is 2.69 bits per heavy atom. The predicted octanol–water partition coefficient (Wildman–Crippen LogP) is 3.44. The van der Waals surface area contributed by atoms with E-state index in [1.54, 1.807) is 12.1 Å². The second-order valence-corrected chi connectivity index (χ2v) is 4.29. The third-order valence-electron chi connectivity index (χ3n) is 3.06. The second-order valence-electron chi connectivity index (χ2n) is 4.29. The van der Waals surface area contributed by atoms with Crippen LogP contribution < -0.4 is 5.32 Å². The largest absolute Gasteiger partial charge is 0.382 e. The van der Waals surface area contributed by atoms with E-state index >= 15 is 0 Å². The Hall–Kier alpha value is -1.56. The van der Waals surface area contributed by atoms with E-state index in [0.29, 0.717) is 6.04 Å². The normalized spacial score (nSPS) is 16.8. The number of anilines is 1. The molecular formula is C13H15FN2. The quantitative estimate of drug-likeness (QED) is 0.825. The fourth-order valence-electron chi connectivity index (χ4n) is 2.18. The van der Waals surface area contributed by atoms with Gasteiger partial charge >= 0.3 is 0 Å². The van der Waals surface area contributed by atoms with Gasteiger partial charge in [-0.3, -0.25) is 0 Å². The third-order valence-corrected chi connectivity index (χ3v) is 3.06. The van der Waals surface area contributed by atoms with Crippen molar-refractivity contribution in [3.63, 3.8) is 0 Å². The number of nitrogens with zero attached hydrogens (tertiary/aromatic N) is 1. The summed E-state index contributed by atoms with van der Waals surface area (Å²) in [6.45, 7) is 0. The zero-order valence-electron chi connectivity index (χ0n) is 9.17. The SMILES string of the molecule is N#Cc1cc(NC2CCCCC2)ccc1F. The van der Waals surface area contributed by atoms with Crippen LogP contribution in [0.4, 0.5) is 10.1 Å². The van der Waals surface area contributed by atoms with E-state index in [-0.39, 0.29) is 5.56 Å². The van der Waals surface area contributed by atoms with Crippen molar-refractivity contribution >= 4 is 5.69 Å². The highest BCUT2D eigenvalue weighted by molar-refractivity contribution is 5.50. The van der Waals surface area contributed by atoms with Crippen LogP contribution in [0, 0.1) is 17.1 Å². The van der Waals surface area contributed by atoms with Gasteiger partial charge < -0.3 is 5.32 Å². The van der Waals surface area contributed by atoms with Crippen LogP contribution in [0.15, 0.2) is 18.2 Å². The first-order chi connectivity index (χ1) is 7.79. The molecule has 0 aliphatic heterocycles. The van der Waals surface area contributed by atoms with Gasteiger partial charge in [0.2, 0.25) is 0 Å². The molecule has 1 aliphatic rings. The Morgan fingerprint density at radius 1 is 1.25 bits per heavy atom. The lowest BCUT2D eigenvalue weighted by Gasteiger charge is -2.23. The minimum absolute atomic E-state index is 0.112. The van der Waals surface area contributed by atoms with Crippen molar-refractivity contribution in [3.05, 3.63) is 29.6 Å². The second kappa shape index (κ2) is 4.98. The minimum Gasteiger partial charge on any atom is -0.382 e. The van der Waals surface area contributed by atoms with Crippen molar-refractivity contribution in [1.29, 1.82) is 5.26 Å². The number of nitrogens with one attached hydrogen (secondary N) is 1. The lowest BCUT2D eigenvalue weighted by Crippen LogP contribution is -2.22. The Kier molecular flexibility index (Phi) is 3.40. The Morgan fingerprint density at radius 2 is 2.00 bits per heavy atom. The van der Waals surface area contributed by atoms with Crippen molar-refractivity contribution in [2.75, 3.05) is 5.32 Å². The first-order valence-electron chi connectivity index (χ1n) is 5.76. The monoisotopic (exact) mass is 218 g/mol. The van der Waals surface area contributed by atoms with Gasteiger partial charge in [-0.2, -0.15) is 5.26 Å². The Labute approximate surface area is 95.1 Å². The maximum atomic E-state index is 13.1. The van der Waals surface area contributed by atoms with Crippen LogP contribution in [-0.2, 0) is 0 Å². The van der Waals surface area contributed by atoms with E-state index in [1.807, 2.05) is 6.07 Å². The molecule has 0 spiro atoms. The topological polar surface area (TPSA) is 35.8 Å². The summed E-state index contributed by atoms with van der Waals surface area (Å²) in [6, 6.07) is 6.97. The first-order valence-corrected chi connectivity index (χ1v) is 5.76. The van der Waals surface area contributed by atoms with E-state index < -0.39 is 5.82 Å². The van der Waals surface area contributed by atoms with Gasteiger partial charge in [0.1, 0.15) is 11.9 Å². The van der Waals surface area contributed by atoms with Crippen LogP contribution in [-0.4, -0.2) is 6.04 Å². The molecular weight excluding hydrogens is 203 g/mol. The smallest absolute Gasteiger partial charge is 0.141 e. The summed E-state index contributed by atoms with van der Waals surface area (Å²) < 4.78 is 13.1. The molecule has 1 saturated carbocycles. The number of nitriles is 1. The molecule has 0 atom stereocenters. The van der Waals surface area contributed by atoms with Crippen LogP contribution in [0.25, 0.3) is 0 Å². The van der Waals surface area contributed by atoms with Gasteiger partial charge in [0, 0.05) is 11.7 Å². The molecule has 2 rings (SSSR count). The summed E-state index contributed by atoms with van der Waals surface area (Å²) >= 11 is 0. The highest BCUT2D eigenvalue weighted by Gasteiger charge is 2.13. The first kappa shape index (κ1) is 10.9. The highest BCUT2D eigenvalue weighted by atomic mass is 19.1. The van der Waals surface area contributed by atoms with E-state index in [4.69, 9.17) is 5.26 Å². The van der Waals surface area contributed by atoms with Crippen molar-refractivity contribution in [2.24, 2.45) is 0 Å². The highest BCUT2D eigenvalue weighted by Crippen LogP contribution is 2.22. The predicted molar refractivity (Wildman–Crippen MR) is 61.6 cm³/mol. The number of hydrogen-bond donors (Lipinski definition) is 1. The molecule has 0 radical (unpaired) electrons. The van der Waals surface area contributed by atoms with Gasteiger partial charge in [-0.15, -0.1) is 0 Å². The van der Waals surface area contributed by atoms with E-state index in [9.17, 15) is 4.39 Å². The lowest BCUT2D eigenvalue weighted by molar-refractivity contribution is 0.462. The maximum Gasteiger partial charge on any atom is 0.141 e. The van der Waals surface area contributed by atoms with Crippen LogP contribution >= 0.6 is 0 Å². The molecule has 1 fully saturated rings. The fourth-order valence-corrected chi connectivity index (χ4v) is 2.18. The van der Waals surface area contributed by atoms with Gasteiger partial charge in [-0.25, -0.2) is 4.39 Å². The fraction of sp³-hybridized carbons (Fsp3) is 0.462. The molecule has 0 saturated heterocycles. The summed E-state index contributed by atoms with van der Waals surface area (Å²) in [5.41, 5.74) is 0.964. The molecule has 0 bridgehead atoms. The van der Waals surface area contributed by atoms with E-state index in [1.165, 1.54) is 38.2 Å². The van der Waals surface area contributed by atoms with Crippen LogP contribution in [0.2, 0.25) is 0 Å². The van der Waals surface area contributed by atoms with Crippen LogP contribution in [0.1, 0.15) is 37.7 Å². The van der Waals surface area contributed by atoms with Gasteiger partial charge in [-0.05, 0) is 31.0 Å². The van der Waals surface area contributed by atoms with Gasteiger partial charge in [-0.1, -0.05) is 19.3 Å². The summed E-state index contributed by atoms with van der Waals surface area (Å²) in [4.78, 5) is 0. The average molecular weight is 218 g/mol. The zero-order valence-corrected chi connectivity index (χ0v) is 9.17. The summed E-state index contributed by atoms with van der Waals surface area (Å²) in [5.74, 6) is -0.448. The van der Waals surface area contributed by atoms with Crippen molar-refractivity contribution in [1.82, 2.24) is 0 Å². The summed E-state index contributed by atoms with van der Waals surface area (Å²) in [6.07, 6.45) is 6.15. The summed E-state index contributed by atoms with van der Waals surface area (Å²) in [7, 11) is 0. The number of hydrogen-bond acceptors (Lipinski definition) is 2. The molecule has 0 aromatic heterocycles. The molecule has 1 aromatic carbocycles.